The van der Waals surface area contributed by atoms with Gasteiger partial charge >= 0.3 is 0 Å². The second kappa shape index (κ2) is 6.13. The summed E-state index contributed by atoms with van der Waals surface area (Å²) in [5.74, 6) is 0.00163. The fraction of sp³-hybridized carbons (Fsp3) is 0.450. The fourth-order valence-corrected chi connectivity index (χ4v) is 4.22. The van der Waals surface area contributed by atoms with Crippen LogP contribution in [-0.2, 0) is 23.1 Å². The molecule has 0 radical (unpaired) electrons. The van der Waals surface area contributed by atoms with Crippen molar-refractivity contribution in [3.05, 3.63) is 58.4 Å². The van der Waals surface area contributed by atoms with E-state index in [1.165, 1.54) is 6.07 Å². The molecule has 0 unspecified atom stereocenters. The molecule has 26 heavy (non-hydrogen) atoms. The van der Waals surface area contributed by atoms with E-state index in [2.05, 4.69) is 4.98 Å². The Morgan fingerprint density at radius 3 is 2.85 bits per heavy atom. The molecule has 0 saturated heterocycles. The van der Waals surface area contributed by atoms with Crippen molar-refractivity contribution < 1.29 is 14.4 Å². The monoisotopic (exact) mass is 355 g/mol. The molecule has 0 bridgehead atoms. The van der Waals surface area contributed by atoms with Gasteiger partial charge in [-0.2, -0.15) is 0 Å². The zero-order chi connectivity index (χ0) is 18.5. The Hall–Kier alpha value is -2.34. The van der Waals surface area contributed by atoms with Crippen molar-refractivity contribution >= 4 is 5.91 Å². The second-order valence-electron chi connectivity index (χ2n) is 7.59. The number of rotatable bonds is 4. The predicted octanol–water partition coefficient (Wildman–Crippen LogP) is 2.98. The van der Waals surface area contributed by atoms with Gasteiger partial charge in [0.05, 0.1) is 0 Å². The van der Waals surface area contributed by atoms with E-state index < -0.39 is 17.2 Å². The maximum atomic E-state index is 14.3. The van der Waals surface area contributed by atoms with Crippen molar-refractivity contribution in [2.75, 3.05) is 0 Å². The highest BCUT2D eigenvalue weighted by Gasteiger charge is 2.48. The minimum Gasteiger partial charge on any atom is -0.289 e. The summed E-state index contributed by atoms with van der Waals surface area (Å²) in [6, 6.07) is 4.98. The van der Waals surface area contributed by atoms with Crippen LogP contribution in [0, 0.1) is 18.7 Å². The molecule has 2 aromatic rings. The van der Waals surface area contributed by atoms with E-state index in [1.807, 2.05) is 12.3 Å². The van der Waals surface area contributed by atoms with E-state index in [1.54, 1.807) is 25.4 Å². The SMILES string of the molecule is Cc1c(F)cccc1[C@@]1([C@@H](C)C(=O)NO)Cc2cnc(C3CC3)nc2C1. The molecule has 0 spiro atoms. The molecule has 4 rings (SSSR count). The first kappa shape index (κ1) is 17.1. The summed E-state index contributed by atoms with van der Waals surface area (Å²) in [4.78, 5) is 21.6. The summed E-state index contributed by atoms with van der Waals surface area (Å²) in [5.41, 5.74) is 4.37. The number of fused-ring (bicyclic) bond motifs is 1. The Morgan fingerprint density at radius 1 is 1.38 bits per heavy atom. The minimum atomic E-state index is -0.655. The highest BCUT2D eigenvalue weighted by atomic mass is 19.1. The van der Waals surface area contributed by atoms with Gasteiger partial charge in [-0.05, 0) is 48.9 Å². The summed E-state index contributed by atoms with van der Waals surface area (Å²) in [5, 5.41) is 9.19. The Labute approximate surface area is 151 Å². The lowest BCUT2D eigenvalue weighted by Crippen LogP contribution is -2.44. The normalized spacial score (nSPS) is 22.8. The molecule has 6 heteroatoms. The Morgan fingerprint density at radius 2 is 2.15 bits per heavy atom. The van der Waals surface area contributed by atoms with E-state index >= 15 is 0 Å². The second-order valence-corrected chi connectivity index (χ2v) is 7.59. The number of benzene rings is 1. The first-order valence-electron chi connectivity index (χ1n) is 9.00. The van der Waals surface area contributed by atoms with Crippen LogP contribution in [0.4, 0.5) is 4.39 Å². The number of amides is 1. The number of hydrogen-bond acceptors (Lipinski definition) is 4. The number of hydroxylamine groups is 1. The molecular formula is C20H22FN3O2. The Bertz CT molecular complexity index is 881. The van der Waals surface area contributed by atoms with E-state index in [4.69, 9.17) is 4.98 Å². The van der Waals surface area contributed by atoms with Crippen molar-refractivity contribution in [3.63, 3.8) is 0 Å². The molecule has 0 aliphatic heterocycles. The number of hydrogen-bond donors (Lipinski definition) is 2. The maximum absolute atomic E-state index is 14.3. The van der Waals surface area contributed by atoms with E-state index in [-0.39, 0.29) is 5.82 Å². The summed E-state index contributed by atoms with van der Waals surface area (Å²) >= 11 is 0. The zero-order valence-corrected chi connectivity index (χ0v) is 14.9. The van der Waals surface area contributed by atoms with Crippen molar-refractivity contribution in [2.45, 2.75) is 50.9 Å². The Kier molecular flexibility index (Phi) is 4.03. The summed E-state index contributed by atoms with van der Waals surface area (Å²) in [7, 11) is 0. The third-order valence-corrected chi connectivity index (χ3v) is 6.04. The van der Waals surface area contributed by atoms with E-state index in [0.29, 0.717) is 24.3 Å². The van der Waals surface area contributed by atoms with Gasteiger partial charge in [-0.15, -0.1) is 0 Å². The third kappa shape index (κ3) is 2.60. The number of nitrogens with one attached hydrogen (secondary N) is 1. The number of carbonyl (C=O) groups is 1. The minimum absolute atomic E-state index is 0.292. The largest absolute Gasteiger partial charge is 0.289 e. The molecular weight excluding hydrogens is 333 g/mol. The molecule has 2 aliphatic carbocycles. The van der Waals surface area contributed by atoms with Crippen molar-refractivity contribution in [1.82, 2.24) is 15.4 Å². The maximum Gasteiger partial charge on any atom is 0.247 e. The molecule has 1 aromatic heterocycles. The van der Waals surface area contributed by atoms with Gasteiger partial charge in [0.15, 0.2) is 0 Å². The summed E-state index contributed by atoms with van der Waals surface area (Å²) in [6.45, 7) is 3.51. The van der Waals surface area contributed by atoms with Crippen LogP contribution >= 0.6 is 0 Å². The molecule has 5 nitrogen and oxygen atoms in total. The topological polar surface area (TPSA) is 75.1 Å². The van der Waals surface area contributed by atoms with Crippen LogP contribution in [0.25, 0.3) is 0 Å². The molecule has 2 N–H and O–H groups in total. The van der Waals surface area contributed by atoms with Crippen LogP contribution in [0.2, 0.25) is 0 Å². The third-order valence-electron chi connectivity index (χ3n) is 6.04. The molecule has 136 valence electrons. The molecule has 2 atom stereocenters. The van der Waals surface area contributed by atoms with E-state index in [9.17, 15) is 14.4 Å². The Balaban J connectivity index is 1.82. The molecule has 2 aliphatic rings. The lowest BCUT2D eigenvalue weighted by molar-refractivity contribution is -0.135. The van der Waals surface area contributed by atoms with Gasteiger partial charge in [0, 0.05) is 35.6 Å². The quantitative estimate of drug-likeness (QED) is 0.653. The molecule has 1 fully saturated rings. The average molecular weight is 355 g/mol. The predicted molar refractivity (Wildman–Crippen MR) is 93.3 cm³/mol. The van der Waals surface area contributed by atoms with Crippen molar-refractivity contribution in [3.8, 4) is 0 Å². The van der Waals surface area contributed by atoms with Crippen LogP contribution in [0.1, 0.15) is 53.9 Å². The smallest absolute Gasteiger partial charge is 0.247 e. The van der Waals surface area contributed by atoms with Gasteiger partial charge in [0.2, 0.25) is 5.91 Å². The lowest BCUT2D eigenvalue weighted by atomic mass is 9.67. The zero-order valence-electron chi connectivity index (χ0n) is 14.9. The fourth-order valence-electron chi connectivity index (χ4n) is 4.22. The van der Waals surface area contributed by atoms with Gasteiger partial charge in [-0.1, -0.05) is 19.1 Å². The van der Waals surface area contributed by atoms with Crippen LogP contribution < -0.4 is 5.48 Å². The van der Waals surface area contributed by atoms with Crippen LogP contribution in [0.3, 0.4) is 0 Å². The summed E-state index contributed by atoms with van der Waals surface area (Å²) < 4.78 is 14.3. The molecule has 1 amide bonds. The van der Waals surface area contributed by atoms with Crippen LogP contribution in [-0.4, -0.2) is 21.1 Å². The lowest BCUT2D eigenvalue weighted by Gasteiger charge is -2.36. The number of carbonyl (C=O) groups excluding carboxylic acids is 1. The number of halogens is 1. The van der Waals surface area contributed by atoms with Gasteiger partial charge < -0.3 is 0 Å². The van der Waals surface area contributed by atoms with E-state index in [0.717, 1.165) is 35.5 Å². The molecule has 1 saturated carbocycles. The molecule has 1 aromatic carbocycles. The van der Waals surface area contributed by atoms with Crippen molar-refractivity contribution in [1.29, 1.82) is 0 Å². The average Bonchev–Trinajstić information content (AvgIpc) is 3.42. The van der Waals surface area contributed by atoms with Crippen LogP contribution in [0.15, 0.2) is 24.4 Å². The number of aromatic nitrogens is 2. The van der Waals surface area contributed by atoms with Gasteiger partial charge in [0.25, 0.3) is 0 Å². The van der Waals surface area contributed by atoms with Crippen molar-refractivity contribution in [2.24, 2.45) is 5.92 Å². The van der Waals surface area contributed by atoms with Gasteiger partial charge in [0.1, 0.15) is 11.6 Å². The summed E-state index contributed by atoms with van der Waals surface area (Å²) in [6.07, 6.45) is 5.18. The highest BCUT2D eigenvalue weighted by Crippen LogP contribution is 2.47. The molecule has 1 heterocycles. The standard InChI is InChI=1S/C20H22FN3O2/c1-11-15(4-3-5-16(11)21)20(12(2)19(25)24-26)8-14-10-22-18(13-6-7-13)23-17(14)9-20/h3-5,10,12-13,26H,6-9H2,1-2H3,(H,24,25)/t12-,20-/m0/s1. The number of nitrogens with zero attached hydrogens (tertiary/aromatic N) is 2. The van der Waals surface area contributed by atoms with Gasteiger partial charge in [-0.3, -0.25) is 10.0 Å². The first-order chi connectivity index (χ1) is 12.5. The highest BCUT2D eigenvalue weighted by molar-refractivity contribution is 5.79. The van der Waals surface area contributed by atoms with Gasteiger partial charge in [-0.25, -0.2) is 19.8 Å². The first-order valence-corrected chi connectivity index (χ1v) is 9.00. The van der Waals surface area contributed by atoms with Crippen LogP contribution in [0.5, 0.6) is 0 Å².